The summed E-state index contributed by atoms with van der Waals surface area (Å²) >= 11 is 1.75. The second-order valence-electron chi connectivity index (χ2n) is 4.11. The molecule has 0 aliphatic carbocycles. The van der Waals surface area contributed by atoms with Crippen LogP contribution in [-0.4, -0.2) is 27.8 Å². The number of rotatable bonds is 4. The topological polar surface area (TPSA) is 67.1 Å². The quantitative estimate of drug-likeness (QED) is 0.461. The van der Waals surface area contributed by atoms with Crippen LogP contribution in [0.3, 0.4) is 0 Å². The summed E-state index contributed by atoms with van der Waals surface area (Å²) in [7, 11) is 3.63. The van der Waals surface area contributed by atoms with Crippen LogP contribution in [0.1, 0.15) is 16.3 Å². The van der Waals surface area contributed by atoms with Crippen LogP contribution >= 0.6 is 35.3 Å². The summed E-state index contributed by atoms with van der Waals surface area (Å²) in [6, 6.07) is 2.12. The van der Waals surface area contributed by atoms with Gasteiger partial charge in [0.1, 0.15) is 12.2 Å². The third-order valence-corrected chi connectivity index (χ3v) is 3.85. The molecule has 0 aliphatic rings. The first-order chi connectivity index (χ1) is 9.20. The molecular formula is C12H19IN6S. The molecule has 0 saturated heterocycles. The number of aliphatic imine (C=N–C) groups is 1. The predicted molar refractivity (Wildman–Crippen MR) is 92.5 cm³/mol. The number of halogens is 1. The van der Waals surface area contributed by atoms with E-state index in [1.54, 1.807) is 29.4 Å². The van der Waals surface area contributed by atoms with Crippen molar-refractivity contribution in [3.8, 4) is 0 Å². The first-order valence-electron chi connectivity index (χ1n) is 6.01. The highest BCUT2D eigenvalue weighted by Crippen LogP contribution is 2.14. The highest BCUT2D eigenvalue weighted by atomic mass is 127. The molecule has 0 amide bonds. The van der Waals surface area contributed by atoms with E-state index in [2.05, 4.69) is 44.1 Å². The van der Waals surface area contributed by atoms with E-state index in [-0.39, 0.29) is 24.0 Å². The average Bonchev–Trinajstić information content (AvgIpc) is 2.99. The minimum absolute atomic E-state index is 0. The van der Waals surface area contributed by atoms with E-state index in [0.717, 1.165) is 18.3 Å². The monoisotopic (exact) mass is 406 g/mol. The van der Waals surface area contributed by atoms with Gasteiger partial charge in [0.05, 0.1) is 13.1 Å². The maximum Gasteiger partial charge on any atom is 0.191 e. The first kappa shape index (κ1) is 16.9. The Morgan fingerprint density at radius 2 is 2.15 bits per heavy atom. The van der Waals surface area contributed by atoms with E-state index >= 15 is 0 Å². The molecule has 20 heavy (non-hydrogen) atoms. The smallest absolute Gasteiger partial charge is 0.191 e. The lowest BCUT2D eigenvalue weighted by atomic mass is 10.3. The Balaban J connectivity index is 0.00000200. The molecule has 0 unspecified atom stereocenters. The van der Waals surface area contributed by atoms with Crippen molar-refractivity contribution in [2.75, 3.05) is 7.05 Å². The SMILES string of the molecule is CN=C(NCc1sccc1C)NCc1ncnn1C.I. The summed E-state index contributed by atoms with van der Waals surface area (Å²) in [6.07, 6.45) is 1.54. The summed E-state index contributed by atoms with van der Waals surface area (Å²) < 4.78 is 1.74. The number of guanidine groups is 1. The maximum absolute atomic E-state index is 4.19. The van der Waals surface area contributed by atoms with Crippen LogP contribution in [0, 0.1) is 6.92 Å². The van der Waals surface area contributed by atoms with Gasteiger partial charge in [0.25, 0.3) is 0 Å². The fraction of sp³-hybridized carbons (Fsp3) is 0.417. The zero-order valence-corrected chi connectivity index (χ0v) is 14.9. The summed E-state index contributed by atoms with van der Waals surface area (Å²) in [5, 5.41) is 12.6. The van der Waals surface area contributed by atoms with Gasteiger partial charge in [0.2, 0.25) is 0 Å². The van der Waals surface area contributed by atoms with Crippen LogP contribution in [0.25, 0.3) is 0 Å². The van der Waals surface area contributed by atoms with Crippen molar-refractivity contribution in [3.63, 3.8) is 0 Å². The van der Waals surface area contributed by atoms with Crippen molar-refractivity contribution in [1.29, 1.82) is 0 Å². The highest BCUT2D eigenvalue weighted by Gasteiger charge is 2.04. The molecule has 0 fully saturated rings. The van der Waals surface area contributed by atoms with Crippen LogP contribution in [0.2, 0.25) is 0 Å². The minimum Gasteiger partial charge on any atom is -0.352 e. The Hall–Kier alpha value is -1.16. The fourth-order valence-electron chi connectivity index (χ4n) is 1.61. The highest BCUT2D eigenvalue weighted by molar-refractivity contribution is 14.0. The molecule has 0 spiro atoms. The van der Waals surface area contributed by atoms with Crippen LogP contribution in [-0.2, 0) is 20.1 Å². The lowest BCUT2D eigenvalue weighted by Crippen LogP contribution is -2.36. The molecule has 8 heteroatoms. The third-order valence-electron chi connectivity index (χ3n) is 2.83. The van der Waals surface area contributed by atoms with Gasteiger partial charge in [0, 0.05) is 19.0 Å². The van der Waals surface area contributed by atoms with Crippen LogP contribution in [0.15, 0.2) is 22.8 Å². The van der Waals surface area contributed by atoms with Crippen molar-refractivity contribution in [2.45, 2.75) is 20.0 Å². The largest absolute Gasteiger partial charge is 0.352 e. The molecule has 0 atom stereocenters. The summed E-state index contributed by atoms with van der Waals surface area (Å²) in [4.78, 5) is 9.66. The first-order valence-corrected chi connectivity index (χ1v) is 6.89. The van der Waals surface area contributed by atoms with Gasteiger partial charge in [-0.2, -0.15) is 5.10 Å². The zero-order chi connectivity index (χ0) is 13.7. The van der Waals surface area contributed by atoms with Gasteiger partial charge in [-0.3, -0.25) is 9.67 Å². The second kappa shape index (κ2) is 8.20. The second-order valence-corrected chi connectivity index (χ2v) is 5.11. The summed E-state index contributed by atoms with van der Waals surface area (Å²) in [5.74, 6) is 1.63. The normalized spacial score (nSPS) is 11.1. The number of nitrogens with one attached hydrogen (secondary N) is 2. The summed E-state index contributed by atoms with van der Waals surface area (Å²) in [6.45, 7) is 3.49. The van der Waals surface area contributed by atoms with Crippen molar-refractivity contribution >= 4 is 41.3 Å². The molecule has 110 valence electrons. The Morgan fingerprint density at radius 3 is 2.70 bits per heavy atom. The molecule has 6 nitrogen and oxygen atoms in total. The van der Waals surface area contributed by atoms with Crippen LogP contribution in [0.4, 0.5) is 0 Å². The number of thiophene rings is 1. The Bertz CT molecular complexity index is 516. The van der Waals surface area contributed by atoms with Gasteiger partial charge < -0.3 is 10.6 Å². The Kier molecular flexibility index (Phi) is 6.93. The van der Waals surface area contributed by atoms with E-state index in [4.69, 9.17) is 0 Å². The molecule has 2 N–H and O–H groups in total. The molecule has 0 bridgehead atoms. The molecular weight excluding hydrogens is 387 g/mol. The number of hydrogen-bond donors (Lipinski definition) is 2. The van der Waals surface area contributed by atoms with Crippen molar-refractivity contribution in [3.05, 3.63) is 34.0 Å². The third kappa shape index (κ3) is 4.44. The Morgan fingerprint density at radius 1 is 1.40 bits per heavy atom. The molecule has 2 rings (SSSR count). The fourth-order valence-corrected chi connectivity index (χ4v) is 2.46. The number of aryl methyl sites for hydroxylation is 2. The van der Waals surface area contributed by atoms with E-state index < -0.39 is 0 Å². The number of nitrogens with zero attached hydrogens (tertiary/aromatic N) is 4. The van der Waals surface area contributed by atoms with E-state index in [0.29, 0.717) is 6.54 Å². The molecule has 2 aromatic heterocycles. The molecule has 0 radical (unpaired) electrons. The van der Waals surface area contributed by atoms with Gasteiger partial charge in [-0.15, -0.1) is 35.3 Å². The molecule has 0 saturated carbocycles. The van der Waals surface area contributed by atoms with Gasteiger partial charge in [-0.25, -0.2) is 4.98 Å². The molecule has 0 aliphatic heterocycles. The molecule has 2 heterocycles. The minimum atomic E-state index is 0. The summed E-state index contributed by atoms with van der Waals surface area (Å²) in [5.41, 5.74) is 1.31. The van der Waals surface area contributed by atoms with Crippen molar-refractivity contribution in [2.24, 2.45) is 12.0 Å². The van der Waals surface area contributed by atoms with Crippen molar-refractivity contribution < 1.29 is 0 Å². The van der Waals surface area contributed by atoms with Gasteiger partial charge in [0.15, 0.2) is 5.96 Å². The number of hydrogen-bond acceptors (Lipinski definition) is 4. The van der Waals surface area contributed by atoms with Gasteiger partial charge in [-0.05, 0) is 23.9 Å². The van der Waals surface area contributed by atoms with E-state index in [9.17, 15) is 0 Å². The van der Waals surface area contributed by atoms with Crippen molar-refractivity contribution in [1.82, 2.24) is 25.4 Å². The van der Waals surface area contributed by atoms with Crippen LogP contribution in [0.5, 0.6) is 0 Å². The molecule has 0 aromatic carbocycles. The molecule has 2 aromatic rings. The lowest BCUT2D eigenvalue weighted by Gasteiger charge is -2.11. The predicted octanol–water partition coefficient (Wildman–Crippen LogP) is 1.67. The van der Waals surface area contributed by atoms with Gasteiger partial charge >= 0.3 is 0 Å². The van der Waals surface area contributed by atoms with Gasteiger partial charge in [-0.1, -0.05) is 0 Å². The van der Waals surface area contributed by atoms with E-state index in [1.165, 1.54) is 10.4 Å². The number of aromatic nitrogens is 3. The maximum atomic E-state index is 4.19. The van der Waals surface area contributed by atoms with E-state index in [1.807, 2.05) is 7.05 Å². The van der Waals surface area contributed by atoms with Crippen LogP contribution < -0.4 is 10.6 Å². The Labute approximate surface area is 139 Å². The zero-order valence-electron chi connectivity index (χ0n) is 11.8. The standard InChI is InChI=1S/C12H18N6S.HI/c1-9-4-5-19-10(9)6-14-12(13-2)15-7-11-16-8-17-18(11)3;/h4-5,8H,6-7H2,1-3H3,(H2,13,14,15);1H. The lowest BCUT2D eigenvalue weighted by molar-refractivity contribution is 0.673. The average molecular weight is 406 g/mol.